The lowest BCUT2D eigenvalue weighted by Gasteiger charge is -2.21. The van der Waals surface area contributed by atoms with Crippen LogP contribution in [0.1, 0.15) is 6.92 Å². The lowest BCUT2D eigenvalue weighted by Crippen LogP contribution is -2.19. The largest absolute Gasteiger partial charge is 0.370 e. The van der Waals surface area contributed by atoms with Gasteiger partial charge in [-0.15, -0.1) is 0 Å². The number of anilines is 1. The van der Waals surface area contributed by atoms with E-state index in [1.165, 1.54) is 12.3 Å². The van der Waals surface area contributed by atoms with Crippen LogP contribution in [0.3, 0.4) is 0 Å². The van der Waals surface area contributed by atoms with Crippen LogP contribution < -0.4 is 4.90 Å². The zero-order chi connectivity index (χ0) is 14.0. The van der Waals surface area contributed by atoms with Gasteiger partial charge in [-0.25, -0.2) is 0 Å². The quantitative estimate of drug-likeness (QED) is 0.479. The number of rotatable bonds is 4. The van der Waals surface area contributed by atoms with Crippen LogP contribution in [-0.2, 0) is 0 Å². The Balaban J connectivity index is 2.61. The molecule has 1 aromatic heterocycles. The lowest BCUT2D eigenvalue weighted by molar-refractivity contribution is -0.383. The van der Waals surface area contributed by atoms with Crippen molar-refractivity contribution in [2.45, 2.75) is 6.92 Å². The van der Waals surface area contributed by atoms with Gasteiger partial charge in [-0.05, 0) is 19.1 Å². The van der Waals surface area contributed by atoms with Crippen LogP contribution in [0.2, 0.25) is 0 Å². The highest BCUT2D eigenvalue weighted by atomic mass is 16.6. The molecule has 2 rings (SSSR count). The predicted octanol–water partition coefficient (Wildman–Crippen LogP) is 3.16. The summed E-state index contributed by atoms with van der Waals surface area (Å²) in [4.78, 5) is 16.6. The molecule has 0 aliphatic heterocycles. The Morgan fingerprint density at radius 1 is 1.42 bits per heavy atom. The molecule has 0 atom stereocenters. The standard InChI is InChI=1S/C14H15N3O2/c1-10(2)9-16(3)13-4-5-14(17(18)19)12-8-15-7-6-11(12)13/h4-8H,1,9H2,2-3H3. The van der Waals surface area contributed by atoms with Gasteiger partial charge in [-0.2, -0.15) is 0 Å². The maximum absolute atomic E-state index is 11.0. The molecule has 5 nitrogen and oxygen atoms in total. The molecule has 0 saturated carbocycles. The number of hydrogen-bond donors (Lipinski definition) is 0. The van der Waals surface area contributed by atoms with Crippen LogP contribution in [0.25, 0.3) is 10.8 Å². The van der Waals surface area contributed by atoms with E-state index in [1.807, 2.05) is 18.9 Å². The average Bonchev–Trinajstić information content (AvgIpc) is 2.36. The Hall–Kier alpha value is -2.43. The number of nitro benzene ring substituents is 1. The molecule has 2 aromatic rings. The molecule has 1 heterocycles. The monoisotopic (exact) mass is 257 g/mol. The van der Waals surface area contributed by atoms with Gasteiger partial charge in [0.2, 0.25) is 0 Å². The van der Waals surface area contributed by atoms with E-state index in [9.17, 15) is 10.1 Å². The van der Waals surface area contributed by atoms with Gasteiger partial charge in [0.25, 0.3) is 5.69 Å². The summed E-state index contributed by atoms with van der Waals surface area (Å²) in [5.74, 6) is 0. The Labute approximate surface area is 111 Å². The van der Waals surface area contributed by atoms with Crippen molar-refractivity contribution in [2.24, 2.45) is 0 Å². The predicted molar refractivity (Wildman–Crippen MR) is 76.5 cm³/mol. The molecule has 98 valence electrons. The number of non-ortho nitro benzene ring substituents is 1. The molecule has 19 heavy (non-hydrogen) atoms. The molecule has 1 aromatic carbocycles. The SMILES string of the molecule is C=C(C)CN(C)c1ccc([N+](=O)[O-])c2cnccc12. The van der Waals surface area contributed by atoms with E-state index in [-0.39, 0.29) is 10.6 Å². The fourth-order valence-electron chi connectivity index (χ4n) is 2.14. The van der Waals surface area contributed by atoms with Gasteiger partial charge in [0.15, 0.2) is 0 Å². The van der Waals surface area contributed by atoms with E-state index < -0.39 is 0 Å². The van der Waals surface area contributed by atoms with Gasteiger partial charge in [0, 0.05) is 43.1 Å². The summed E-state index contributed by atoms with van der Waals surface area (Å²) in [5, 5.41) is 12.4. The minimum atomic E-state index is -0.382. The smallest absolute Gasteiger partial charge is 0.278 e. The first kappa shape index (κ1) is 13.0. The van der Waals surface area contributed by atoms with Crippen LogP contribution >= 0.6 is 0 Å². The second-order valence-electron chi connectivity index (χ2n) is 4.60. The molecular formula is C14H15N3O2. The van der Waals surface area contributed by atoms with Crippen molar-refractivity contribution < 1.29 is 4.92 Å². The van der Waals surface area contributed by atoms with Crippen molar-refractivity contribution in [3.05, 3.63) is 52.9 Å². The molecule has 0 aliphatic rings. The molecule has 0 radical (unpaired) electrons. The minimum absolute atomic E-state index is 0.0792. The van der Waals surface area contributed by atoms with Crippen LogP contribution in [0.4, 0.5) is 11.4 Å². The summed E-state index contributed by atoms with van der Waals surface area (Å²) >= 11 is 0. The number of likely N-dealkylation sites (N-methyl/N-ethyl adjacent to an activating group) is 1. The van der Waals surface area contributed by atoms with Gasteiger partial charge in [-0.1, -0.05) is 12.2 Å². The first-order chi connectivity index (χ1) is 9.00. The summed E-state index contributed by atoms with van der Waals surface area (Å²) < 4.78 is 0. The van der Waals surface area contributed by atoms with E-state index >= 15 is 0 Å². The molecule has 0 aliphatic carbocycles. The molecule has 0 fully saturated rings. The van der Waals surface area contributed by atoms with Gasteiger partial charge in [0.1, 0.15) is 0 Å². The van der Waals surface area contributed by atoms with Crippen molar-refractivity contribution in [3.63, 3.8) is 0 Å². The number of hydrogen-bond acceptors (Lipinski definition) is 4. The second-order valence-corrected chi connectivity index (χ2v) is 4.60. The highest BCUT2D eigenvalue weighted by Crippen LogP contribution is 2.32. The van der Waals surface area contributed by atoms with E-state index in [4.69, 9.17) is 0 Å². The molecule has 0 N–H and O–H groups in total. The first-order valence-electron chi connectivity index (χ1n) is 5.87. The lowest BCUT2D eigenvalue weighted by atomic mass is 10.1. The summed E-state index contributed by atoms with van der Waals surface area (Å²) in [6.07, 6.45) is 3.18. The third-order valence-corrected chi connectivity index (χ3v) is 2.89. The molecule has 0 spiro atoms. The third kappa shape index (κ3) is 2.54. The zero-order valence-corrected chi connectivity index (χ0v) is 11.0. The van der Waals surface area contributed by atoms with E-state index in [0.29, 0.717) is 11.9 Å². The zero-order valence-electron chi connectivity index (χ0n) is 11.0. The number of aromatic nitrogens is 1. The second kappa shape index (κ2) is 5.06. The van der Waals surface area contributed by atoms with Gasteiger partial charge in [-0.3, -0.25) is 15.1 Å². The van der Waals surface area contributed by atoms with Gasteiger partial charge >= 0.3 is 0 Å². The number of fused-ring (bicyclic) bond motifs is 1. The number of pyridine rings is 1. The Bertz CT molecular complexity index is 652. The summed E-state index contributed by atoms with van der Waals surface area (Å²) in [7, 11) is 1.94. The highest BCUT2D eigenvalue weighted by molar-refractivity contribution is 5.99. The normalized spacial score (nSPS) is 10.4. The summed E-state index contributed by atoms with van der Waals surface area (Å²) in [6.45, 7) is 6.54. The topological polar surface area (TPSA) is 59.3 Å². The van der Waals surface area contributed by atoms with Crippen molar-refractivity contribution in [1.82, 2.24) is 4.98 Å². The van der Waals surface area contributed by atoms with Crippen LogP contribution in [0.15, 0.2) is 42.7 Å². The van der Waals surface area contributed by atoms with Crippen LogP contribution in [0, 0.1) is 10.1 Å². The van der Waals surface area contributed by atoms with Crippen LogP contribution in [0.5, 0.6) is 0 Å². The van der Waals surface area contributed by atoms with Crippen LogP contribution in [-0.4, -0.2) is 23.5 Å². The molecular weight excluding hydrogens is 242 g/mol. The van der Waals surface area contributed by atoms with Crippen molar-refractivity contribution in [1.29, 1.82) is 0 Å². The maximum atomic E-state index is 11.0. The highest BCUT2D eigenvalue weighted by Gasteiger charge is 2.15. The summed E-state index contributed by atoms with van der Waals surface area (Å²) in [6, 6.07) is 5.09. The third-order valence-electron chi connectivity index (χ3n) is 2.89. The maximum Gasteiger partial charge on any atom is 0.278 e. The molecule has 0 bridgehead atoms. The van der Waals surface area contributed by atoms with Crippen molar-refractivity contribution >= 4 is 22.1 Å². The molecule has 0 unspecified atom stereocenters. The average molecular weight is 257 g/mol. The number of nitro groups is 1. The Kier molecular flexibility index (Phi) is 3.46. The minimum Gasteiger partial charge on any atom is -0.370 e. The fourth-order valence-corrected chi connectivity index (χ4v) is 2.14. The molecule has 0 amide bonds. The Morgan fingerprint density at radius 3 is 2.79 bits per heavy atom. The summed E-state index contributed by atoms with van der Waals surface area (Å²) in [5.41, 5.74) is 2.05. The Morgan fingerprint density at radius 2 is 2.16 bits per heavy atom. The van der Waals surface area contributed by atoms with E-state index in [1.54, 1.807) is 18.3 Å². The van der Waals surface area contributed by atoms with E-state index in [2.05, 4.69) is 11.6 Å². The molecule has 0 saturated heterocycles. The first-order valence-corrected chi connectivity index (χ1v) is 5.87. The van der Waals surface area contributed by atoms with Gasteiger partial charge < -0.3 is 4.90 Å². The van der Waals surface area contributed by atoms with Crippen molar-refractivity contribution in [3.8, 4) is 0 Å². The van der Waals surface area contributed by atoms with Gasteiger partial charge in [0.05, 0.1) is 10.3 Å². The van der Waals surface area contributed by atoms with E-state index in [0.717, 1.165) is 16.6 Å². The fraction of sp³-hybridized carbons (Fsp3) is 0.214. The molecule has 5 heteroatoms. The van der Waals surface area contributed by atoms with Crippen molar-refractivity contribution in [2.75, 3.05) is 18.5 Å². The number of nitrogens with zero attached hydrogens (tertiary/aromatic N) is 3. The number of benzene rings is 1.